The maximum Gasteiger partial charge on any atom is 0.244 e. The van der Waals surface area contributed by atoms with Crippen LogP contribution in [-0.2, 0) is 11.2 Å². The number of benzene rings is 1. The molecule has 1 N–H and O–H groups in total. The third-order valence-corrected chi connectivity index (χ3v) is 3.51. The Bertz CT molecular complexity index is 833. The molecule has 25 heavy (non-hydrogen) atoms. The number of carbonyl (C=O) groups is 1. The summed E-state index contributed by atoms with van der Waals surface area (Å²) in [5.74, 6) is 1.77. The molecule has 3 aromatic rings. The molecule has 1 amide bonds. The van der Waals surface area contributed by atoms with Crippen molar-refractivity contribution >= 4 is 12.0 Å². The van der Waals surface area contributed by atoms with Gasteiger partial charge in [0.25, 0.3) is 0 Å². The maximum absolute atomic E-state index is 11.7. The Hall–Kier alpha value is -3.28. The van der Waals surface area contributed by atoms with Crippen LogP contribution < -0.4 is 10.1 Å². The summed E-state index contributed by atoms with van der Waals surface area (Å²) in [4.78, 5) is 16.1. The van der Waals surface area contributed by atoms with Crippen LogP contribution in [0.3, 0.4) is 0 Å². The van der Waals surface area contributed by atoms with Gasteiger partial charge < -0.3 is 18.9 Å². The molecule has 0 radical (unpaired) electrons. The van der Waals surface area contributed by atoms with Crippen LogP contribution in [0.2, 0.25) is 0 Å². The molecule has 0 spiro atoms. The average Bonchev–Trinajstić information content (AvgIpc) is 3.32. The lowest BCUT2D eigenvalue weighted by Gasteiger charge is -2.00. The molecule has 0 saturated heterocycles. The van der Waals surface area contributed by atoms with Gasteiger partial charge in [-0.2, -0.15) is 0 Å². The largest absolute Gasteiger partial charge is 0.497 e. The normalized spacial score (nSPS) is 10.9. The number of amides is 1. The summed E-state index contributed by atoms with van der Waals surface area (Å²) in [6.07, 6.45) is 6.80. The van der Waals surface area contributed by atoms with E-state index in [0.717, 1.165) is 17.0 Å². The Labute approximate surface area is 145 Å². The summed E-state index contributed by atoms with van der Waals surface area (Å²) < 4.78 is 15.7. The van der Waals surface area contributed by atoms with Gasteiger partial charge in [0.2, 0.25) is 11.8 Å². The second-order valence-corrected chi connectivity index (χ2v) is 5.26. The molecule has 6 nitrogen and oxygen atoms in total. The number of rotatable bonds is 7. The zero-order valence-corrected chi connectivity index (χ0v) is 13.8. The first-order chi connectivity index (χ1) is 12.2. The van der Waals surface area contributed by atoms with Crippen LogP contribution in [0.25, 0.3) is 17.5 Å². The Balaban J connectivity index is 1.49. The standard InChI is InChI=1S/C19H18N2O4/c1-23-16-6-4-14(5-7-16)19-21-15(13-25-19)10-11-20-18(22)9-8-17-3-2-12-24-17/h2-9,12-13H,10-11H2,1H3,(H,20,22)/b9-8+. The van der Waals surface area contributed by atoms with E-state index in [1.54, 1.807) is 37.8 Å². The summed E-state index contributed by atoms with van der Waals surface area (Å²) >= 11 is 0. The molecule has 0 atom stereocenters. The maximum atomic E-state index is 11.7. The van der Waals surface area contributed by atoms with Crippen molar-refractivity contribution in [2.75, 3.05) is 13.7 Å². The SMILES string of the molecule is COc1ccc(-c2nc(CCNC(=O)/C=C/c3ccco3)co2)cc1. The van der Waals surface area contributed by atoms with Crippen molar-refractivity contribution in [1.82, 2.24) is 10.3 Å². The van der Waals surface area contributed by atoms with Gasteiger partial charge in [0.1, 0.15) is 17.8 Å². The highest BCUT2D eigenvalue weighted by molar-refractivity contribution is 5.91. The Morgan fingerprint density at radius 2 is 2.08 bits per heavy atom. The smallest absolute Gasteiger partial charge is 0.244 e. The zero-order chi connectivity index (χ0) is 17.5. The van der Waals surface area contributed by atoms with Crippen LogP contribution in [0.4, 0.5) is 0 Å². The lowest BCUT2D eigenvalue weighted by Crippen LogP contribution is -2.23. The molecule has 0 aliphatic carbocycles. The fraction of sp³-hybridized carbons (Fsp3) is 0.158. The van der Waals surface area contributed by atoms with Gasteiger partial charge in [0.05, 0.1) is 19.1 Å². The van der Waals surface area contributed by atoms with E-state index >= 15 is 0 Å². The first-order valence-corrected chi connectivity index (χ1v) is 7.83. The lowest BCUT2D eigenvalue weighted by atomic mass is 10.2. The Kier molecular flexibility index (Phi) is 5.31. The minimum Gasteiger partial charge on any atom is -0.497 e. The molecule has 3 rings (SSSR count). The number of ether oxygens (including phenoxy) is 1. The summed E-state index contributed by atoms with van der Waals surface area (Å²) in [6.45, 7) is 0.468. The fourth-order valence-electron chi connectivity index (χ4n) is 2.20. The molecule has 0 unspecified atom stereocenters. The van der Waals surface area contributed by atoms with Crippen LogP contribution in [0.1, 0.15) is 11.5 Å². The monoisotopic (exact) mass is 338 g/mol. The Morgan fingerprint density at radius 1 is 1.24 bits per heavy atom. The second kappa shape index (κ2) is 8.01. The molecule has 1 aromatic carbocycles. The van der Waals surface area contributed by atoms with Crippen LogP contribution >= 0.6 is 0 Å². The molecule has 128 valence electrons. The van der Waals surface area contributed by atoms with Crippen LogP contribution in [0.15, 0.2) is 63.8 Å². The van der Waals surface area contributed by atoms with Crippen LogP contribution in [-0.4, -0.2) is 24.5 Å². The highest BCUT2D eigenvalue weighted by Crippen LogP contribution is 2.21. The molecular weight excluding hydrogens is 320 g/mol. The minimum absolute atomic E-state index is 0.185. The van der Waals surface area contributed by atoms with Gasteiger partial charge in [0, 0.05) is 24.6 Å². The van der Waals surface area contributed by atoms with Crippen molar-refractivity contribution in [1.29, 1.82) is 0 Å². The summed E-state index contributed by atoms with van der Waals surface area (Å²) in [5, 5.41) is 2.79. The van der Waals surface area contributed by atoms with E-state index in [1.807, 2.05) is 24.3 Å². The number of oxazole rings is 1. The third kappa shape index (κ3) is 4.60. The van der Waals surface area contributed by atoms with Gasteiger partial charge >= 0.3 is 0 Å². The van der Waals surface area contributed by atoms with E-state index in [-0.39, 0.29) is 5.91 Å². The van der Waals surface area contributed by atoms with Gasteiger partial charge in [0.15, 0.2) is 0 Å². The molecule has 0 saturated carbocycles. The van der Waals surface area contributed by atoms with Crippen molar-refractivity contribution in [2.24, 2.45) is 0 Å². The topological polar surface area (TPSA) is 77.5 Å². The van der Waals surface area contributed by atoms with E-state index < -0.39 is 0 Å². The molecule has 2 heterocycles. The number of nitrogens with zero attached hydrogens (tertiary/aromatic N) is 1. The number of aromatic nitrogens is 1. The average molecular weight is 338 g/mol. The van der Waals surface area contributed by atoms with E-state index in [2.05, 4.69) is 10.3 Å². The lowest BCUT2D eigenvalue weighted by molar-refractivity contribution is -0.116. The first kappa shape index (κ1) is 16.6. The van der Waals surface area contributed by atoms with Gasteiger partial charge in [-0.15, -0.1) is 0 Å². The molecule has 0 aliphatic heterocycles. The third-order valence-electron chi connectivity index (χ3n) is 3.51. The summed E-state index contributed by atoms with van der Waals surface area (Å²) in [6, 6.07) is 11.0. The summed E-state index contributed by atoms with van der Waals surface area (Å²) in [5.41, 5.74) is 1.65. The molecule has 6 heteroatoms. The van der Waals surface area contributed by atoms with Crippen molar-refractivity contribution in [3.63, 3.8) is 0 Å². The molecular formula is C19H18N2O4. The molecule has 2 aromatic heterocycles. The zero-order valence-electron chi connectivity index (χ0n) is 13.8. The number of carbonyl (C=O) groups excluding carboxylic acids is 1. The Morgan fingerprint density at radius 3 is 2.80 bits per heavy atom. The van der Waals surface area contributed by atoms with E-state index in [0.29, 0.717) is 24.6 Å². The highest BCUT2D eigenvalue weighted by atomic mass is 16.5. The quantitative estimate of drug-likeness (QED) is 0.669. The summed E-state index contributed by atoms with van der Waals surface area (Å²) in [7, 11) is 1.62. The van der Waals surface area contributed by atoms with Gasteiger partial charge in [-0.1, -0.05) is 0 Å². The van der Waals surface area contributed by atoms with Crippen molar-refractivity contribution < 1.29 is 18.4 Å². The minimum atomic E-state index is -0.185. The fourth-order valence-corrected chi connectivity index (χ4v) is 2.20. The number of nitrogens with one attached hydrogen (secondary N) is 1. The van der Waals surface area contributed by atoms with Crippen molar-refractivity contribution in [3.8, 4) is 17.2 Å². The van der Waals surface area contributed by atoms with Crippen LogP contribution in [0, 0.1) is 0 Å². The molecule has 0 aliphatic rings. The number of hydrogen-bond donors (Lipinski definition) is 1. The second-order valence-electron chi connectivity index (χ2n) is 5.26. The highest BCUT2D eigenvalue weighted by Gasteiger charge is 2.07. The predicted octanol–water partition coefficient (Wildman–Crippen LogP) is 3.32. The number of hydrogen-bond acceptors (Lipinski definition) is 5. The van der Waals surface area contributed by atoms with Gasteiger partial charge in [-0.05, 0) is 42.5 Å². The van der Waals surface area contributed by atoms with E-state index in [1.165, 1.54) is 6.08 Å². The van der Waals surface area contributed by atoms with Crippen molar-refractivity contribution in [3.05, 3.63) is 66.5 Å². The van der Waals surface area contributed by atoms with E-state index in [4.69, 9.17) is 13.6 Å². The van der Waals surface area contributed by atoms with E-state index in [9.17, 15) is 4.79 Å². The van der Waals surface area contributed by atoms with Crippen LogP contribution in [0.5, 0.6) is 5.75 Å². The van der Waals surface area contributed by atoms with Gasteiger partial charge in [-0.25, -0.2) is 4.98 Å². The predicted molar refractivity (Wildman–Crippen MR) is 92.9 cm³/mol. The molecule has 0 bridgehead atoms. The number of methoxy groups -OCH3 is 1. The first-order valence-electron chi connectivity index (χ1n) is 7.83. The van der Waals surface area contributed by atoms with Gasteiger partial charge in [-0.3, -0.25) is 4.79 Å². The van der Waals surface area contributed by atoms with Crippen molar-refractivity contribution in [2.45, 2.75) is 6.42 Å². The molecule has 0 fully saturated rings. The number of furan rings is 1.